The van der Waals surface area contributed by atoms with Gasteiger partial charge < -0.3 is 14.9 Å². The number of nitrogens with zero attached hydrogens (tertiary/aromatic N) is 7. The summed E-state index contributed by atoms with van der Waals surface area (Å²) in [6, 6.07) is 30.8. The fourth-order valence-corrected chi connectivity index (χ4v) is 7.07. The Morgan fingerprint density at radius 1 is 0.426 bits per heavy atom. The van der Waals surface area contributed by atoms with Crippen LogP contribution in [0.3, 0.4) is 0 Å². The third kappa shape index (κ3) is 4.36. The first-order chi connectivity index (χ1) is 22.8. The molecule has 0 spiro atoms. The number of fused-ring (bicyclic) bond motifs is 20. The molecule has 1 fully saturated rings. The average Bonchev–Trinajstić information content (AvgIpc) is 3.84. The van der Waals surface area contributed by atoms with Crippen molar-refractivity contribution in [3.05, 3.63) is 91.0 Å². The molecule has 2 N–H and O–H groups in total. The Balaban J connectivity index is 0.00000302. The largest absolute Gasteiger partial charge is 0.371 e. The summed E-state index contributed by atoms with van der Waals surface area (Å²) in [5.74, 6) is 2.44. The van der Waals surface area contributed by atoms with E-state index in [1.807, 2.05) is 42.5 Å². The fourth-order valence-electron chi connectivity index (χ4n) is 7.07. The van der Waals surface area contributed by atoms with Crippen LogP contribution in [-0.4, -0.2) is 53.0 Å². The zero-order valence-electron chi connectivity index (χ0n) is 25.1. The van der Waals surface area contributed by atoms with Gasteiger partial charge in [-0.05, 0) is 25.3 Å². The summed E-state index contributed by atoms with van der Waals surface area (Å²) in [7, 11) is 0. The molecule has 0 unspecified atom stereocenters. The molecule has 0 saturated carbocycles. The third-order valence-electron chi connectivity index (χ3n) is 9.25. The fraction of sp³-hybridized carbons (Fsp3) is 0.135. The molecule has 6 heterocycles. The van der Waals surface area contributed by atoms with Crippen LogP contribution < -0.4 is 4.90 Å². The minimum atomic E-state index is 0. The number of H-pyrrole nitrogens is 2. The maximum absolute atomic E-state index is 5.24. The van der Waals surface area contributed by atoms with Gasteiger partial charge in [-0.1, -0.05) is 84.9 Å². The van der Waals surface area contributed by atoms with Crippen molar-refractivity contribution in [3.8, 4) is 45.6 Å². The third-order valence-corrected chi connectivity index (χ3v) is 9.25. The van der Waals surface area contributed by atoms with Gasteiger partial charge >= 0.3 is 0 Å². The van der Waals surface area contributed by atoms with E-state index < -0.39 is 0 Å². The number of hydrogen-bond acceptors (Lipinski definition) is 7. The van der Waals surface area contributed by atoms with Gasteiger partial charge in [0.05, 0.1) is 5.39 Å². The monoisotopic (exact) mass is 660 g/mol. The molecule has 0 atom stereocenters. The summed E-state index contributed by atoms with van der Waals surface area (Å²) in [4.78, 5) is 40.2. The summed E-state index contributed by atoms with van der Waals surface area (Å²) in [6.07, 6.45) is 3.61. The van der Waals surface area contributed by atoms with Crippen molar-refractivity contribution in [2.45, 2.75) is 19.3 Å². The molecule has 3 aromatic heterocycles. The van der Waals surface area contributed by atoms with Crippen LogP contribution in [0, 0.1) is 0 Å². The Kier molecular flexibility index (Phi) is 6.41. The molecule has 47 heavy (non-hydrogen) atoms. The molecule has 3 aliphatic heterocycles. The summed E-state index contributed by atoms with van der Waals surface area (Å²) in [5.41, 5.74) is 7.73. The maximum Gasteiger partial charge on any atom is 0.164 e. The van der Waals surface area contributed by atoms with Crippen LogP contribution in [0.2, 0.25) is 0 Å². The number of nitrogens with one attached hydrogen (secondary N) is 2. The number of piperidine rings is 1. The van der Waals surface area contributed by atoms with E-state index in [0.717, 1.165) is 68.2 Å². The van der Waals surface area contributed by atoms with Crippen LogP contribution in [0.1, 0.15) is 19.3 Å². The van der Waals surface area contributed by atoms with E-state index >= 15 is 0 Å². The predicted octanol–water partition coefficient (Wildman–Crippen LogP) is 7.86. The molecule has 0 aliphatic carbocycles. The minimum Gasteiger partial charge on any atom is -0.371 e. The van der Waals surface area contributed by atoms with Crippen molar-refractivity contribution in [1.29, 1.82) is 0 Å². The first-order valence-corrected chi connectivity index (χ1v) is 15.8. The second kappa shape index (κ2) is 10.8. The standard InChI is InChI=1S/C37H27N9.Cu/c1-8-19-46(20-9-1)28-18-10-17-27-29(28)37-44-35-26-16-7-6-15-25(26)33(42-35)40-31-22-12-3-2-11-21(22)30(38-31)39-32-23-13-4-5-14-24(23)34(41-32)43-36(27)45-37;/h2-7,10-18H,1,8-9,19-20H2,(H2,38,39,40,41,42,43,44,45);. The second-order valence-electron chi connectivity index (χ2n) is 12.0. The number of anilines is 1. The van der Waals surface area contributed by atoms with Gasteiger partial charge in [0.25, 0.3) is 0 Å². The Labute approximate surface area is 279 Å². The van der Waals surface area contributed by atoms with Gasteiger partial charge in [0.15, 0.2) is 23.3 Å². The summed E-state index contributed by atoms with van der Waals surface area (Å²) < 4.78 is 0. The molecule has 3 aliphatic rings. The van der Waals surface area contributed by atoms with E-state index in [2.05, 4.69) is 63.4 Å². The van der Waals surface area contributed by atoms with E-state index in [-0.39, 0.29) is 17.1 Å². The molecule has 1 radical (unpaired) electrons. The van der Waals surface area contributed by atoms with Gasteiger partial charge in [0.2, 0.25) is 0 Å². The molecule has 7 aromatic rings. The van der Waals surface area contributed by atoms with Crippen molar-refractivity contribution in [1.82, 2.24) is 39.9 Å². The van der Waals surface area contributed by atoms with E-state index in [4.69, 9.17) is 29.9 Å². The summed E-state index contributed by atoms with van der Waals surface area (Å²) in [6.45, 7) is 2.03. The number of aromatic amines is 2. The molecule has 0 amide bonds. The van der Waals surface area contributed by atoms with Crippen molar-refractivity contribution >= 4 is 49.8 Å². The molecule has 8 bridgehead atoms. The van der Waals surface area contributed by atoms with Gasteiger partial charge in [-0.2, -0.15) is 0 Å². The van der Waals surface area contributed by atoms with Gasteiger partial charge in [0.1, 0.15) is 22.6 Å². The quantitative estimate of drug-likeness (QED) is 0.172. The van der Waals surface area contributed by atoms with Crippen molar-refractivity contribution in [3.63, 3.8) is 0 Å². The van der Waals surface area contributed by atoms with Gasteiger partial charge in [-0.25, -0.2) is 29.9 Å². The predicted molar refractivity (Wildman–Crippen MR) is 182 cm³/mol. The molecule has 10 heteroatoms. The molecule has 1 saturated heterocycles. The summed E-state index contributed by atoms with van der Waals surface area (Å²) >= 11 is 0. The Morgan fingerprint density at radius 3 is 1.38 bits per heavy atom. The number of benzene rings is 4. The van der Waals surface area contributed by atoms with Crippen molar-refractivity contribution in [2.24, 2.45) is 0 Å². The SMILES string of the molecule is [Cu].c1ccc2c(c1)-c1nc-2nc2[nH]c(nc3nc(nc4[nH]c(n1)c1ccccc41)-c1ccccc1-3)c1c(N3CCCCC3)cccc21. The summed E-state index contributed by atoms with van der Waals surface area (Å²) in [5, 5.41) is 3.96. The maximum atomic E-state index is 5.24. The molecule has 10 rings (SSSR count). The number of rotatable bonds is 1. The van der Waals surface area contributed by atoms with Crippen molar-refractivity contribution in [2.75, 3.05) is 18.0 Å². The van der Waals surface area contributed by atoms with Crippen LogP contribution in [0.25, 0.3) is 89.7 Å². The normalized spacial score (nSPS) is 13.7. The smallest absolute Gasteiger partial charge is 0.164 e. The molecular weight excluding hydrogens is 634 g/mol. The molecular formula is C37H27CuN9. The van der Waals surface area contributed by atoms with Crippen LogP contribution >= 0.6 is 0 Å². The Bertz CT molecular complexity index is 2540. The van der Waals surface area contributed by atoms with Crippen LogP contribution in [0.4, 0.5) is 5.69 Å². The molecule has 231 valence electrons. The molecule has 9 nitrogen and oxygen atoms in total. The van der Waals surface area contributed by atoms with E-state index in [1.54, 1.807) is 0 Å². The zero-order chi connectivity index (χ0) is 30.2. The van der Waals surface area contributed by atoms with E-state index in [1.165, 1.54) is 19.3 Å². The molecule has 4 aromatic carbocycles. The number of aromatic nitrogens is 8. The first kappa shape index (κ1) is 27.8. The van der Waals surface area contributed by atoms with Gasteiger partial charge in [-0.15, -0.1) is 0 Å². The Hall–Kier alpha value is -5.44. The van der Waals surface area contributed by atoms with Crippen LogP contribution in [-0.2, 0) is 17.1 Å². The van der Waals surface area contributed by atoms with Crippen LogP contribution in [0.15, 0.2) is 91.0 Å². The average molecular weight is 661 g/mol. The topological polar surface area (TPSA) is 112 Å². The first-order valence-electron chi connectivity index (χ1n) is 15.8. The van der Waals surface area contributed by atoms with Crippen molar-refractivity contribution < 1.29 is 17.1 Å². The van der Waals surface area contributed by atoms with Gasteiger partial charge in [0, 0.05) is 74.3 Å². The van der Waals surface area contributed by atoms with E-state index in [0.29, 0.717) is 40.2 Å². The second-order valence-corrected chi connectivity index (χ2v) is 12.0. The van der Waals surface area contributed by atoms with E-state index in [9.17, 15) is 0 Å². The zero-order valence-corrected chi connectivity index (χ0v) is 26.1. The van der Waals surface area contributed by atoms with Crippen LogP contribution in [0.5, 0.6) is 0 Å². The minimum absolute atomic E-state index is 0. The Morgan fingerprint density at radius 2 is 0.851 bits per heavy atom. The number of hydrogen-bond donors (Lipinski definition) is 2. The van der Waals surface area contributed by atoms with Gasteiger partial charge in [-0.3, -0.25) is 0 Å².